The highest BCUT2D eigenvalue weighted by Gasteiger charge is 2.11. The summed E-state index contributed by atoms with van der Waals surface area (Å²) in [7, 11) is 1.86. The minimum Gasteiger partial charge on any atom is -0.372 e. The smallest absolute Gasteiger partial charge is 0.234 e. The van der Waals surface area contributed by atoms with E-state index in [1.54, 1.807) is 10.9 Å². The summed E-state index contributed by atoms with van der Waals surface area (Å²) in [6, 6.07) is 8.09. The van der Waals surface area contributed by atoms with Gasteiger partial charge in [-0.3, -0.25) is 4.79 Å². The molecule has 1 saturated heterocycles. The number of nitrogens with zero attached hydrogens (tertiary/aromatic N) is 4. The molecule has 1 aliphatic rings. The number of carbonyl (C=O) groups is 1. The van der Waals surface area contributed by atoms with Crippen LogP contribution in [0.5, 0.6) is 0 Å². The number of aromatic nitrogens is 3. The Labute approximate surface area is 140 Å². The molecule has 7 heteroatoms. The summed E-state index contributed by atoms with van der Waals surface area (Å²) in [5.74, 6) is 0.282. The van der Waals surface area contributed by atoms with Crippen molar-refractivity contribution in [3.63, 3.8) is 0 Å². The Morgan fingerprint density at radius 2 is 1.96 bits per heavy atom. The van der Waals surface area contributed by atoms with Gasteiger partial charge in [-0.05, 0) is 43.5 Å². The molecule has 1 N–H and O–H groups in total. The first-order valence-corrected chi connectivity index (χ1v) is 8.82. The average Bonchev–Trinajstić information content (AvgIpc) is 3.00. The second-order valence-electron chi connectivity index (χ2n) is 5.66. The molecule has 0 atom stereocenters. The van der Waals surface area contributed by atoms with Gasteiger partial charge in [0.2, 0.25) is 5.91 Å². The number of hydrogen-bond acceptors (Lipinski definition) is 5. The molecule has 1 amide bonds. The lowest BCUT2D eigenvalue weighted by Gasteiger charge is -2.28. The first kappa shape index (κ1) is 15.9. The summed E-state index contributed by atoms with van der Waals surface area (Å²) in [5, 5.41) is 11.4. The molecule has 3 rings (SSSR count). The fourth-order valence-electron chi connectivity index (χ4n) is 2.64. The lowest BCUT2D eigenvalue weighted by atomic mass is 10.1. The van der Waals surface area contributed by atoms with Crippen molar-refractivity contribution in [1.29, 1.82) is 0 Å². The first-order chi connectivity index (χ1) is 11.2. The number of carbonyl (C=O) groups excluding carboxylic acids is 1. The molecule has 2 aromatic rings. The van der Waals surface area contributed by atoms with Crippen LogP contribution in [0.4, 0.5) is 11.4 Å². The van der Waals surface area contributed by atoms with E-state index in [2.05, 4.69) is 32.5 Å². The second-order valence-corrected chi connectivity index (χ2v) is 6.60. The molecule has 0 bridgehead atoms. The van der Waals surface area contributed by atoms with E-state index in [1.165, 1.54) is 36.7 Å². The zero-order valence-electron chi connectivity index (χ0n) is 13.2. The third kappa shape index (κ3) is 4.25. The maximum atomic E-state index is 12.0. The summed E-state index contributed by atoms with van der Waals surface area (Å²) in [6.07, 6.45) is 5.48. The topological polar surface area (TPSA) is 63.1 Å². The van der Waals surface area contributed by atoms with Gasteiger partial charge in [0, 0.05) is 31.5 Å². The van der Waals surface area contributed by atoms with Gasteiger partial charge in [-0.25, -0.2) is 0 Å². The summed E-state index contributed by atoms with van der Waals surface area (Å²) < 4.78 is 1.80. The van der Waals surface area contributed by atoms with Crippen LogP contribution in [0.2, 0.25) is 0 Å². The molecule has 1 fully saturated rings. The molecule has 1 aromatic carbocycles. The predicted molar refractivity (Wildman–Crippen MR) is 92.9 cm³/mol. The van der Waals surface area contributed by atoms with Gasteiger partial charge in [-0.15, -0.1) is 10.2 Å². The summed E-state index contributed by atoms with van der Waals surface area (Å²) in [6.45, 7) is 2.25. The quantitative estimate of drug-likeness (QED) is 0.853. The van der Waals surface area contributed by atoms with Crippen LogP contribution in [0, 0.1) is 0 Å². The number of amides is 1. The monoisotopic (exact) mass is 331 g/mol. The lowest BCUT2D eigenvalue weighted by molar-refractivity contribution is -0.113. The molecule has 6 nitrogen and oxygen atoms in total. The number of anilines is 2. The SMILES string of the molecule is Cn1cnnc1SCC(=O)Nc1ccc(N2CCCCC2)cc1. The van der Waals surface area contributed by atoms with Crippen molar-refractivity contribution in [2.75, 3.05) is 29.1 Å². The van der Waals surface area contributed by atoms with E-state index in [0.717, 1.165) is 23.9 Å². The number of rotatable bonds is 5. The van der Waals surface area contributed by atoms with Crippen LogP contribution in [0.1, 0.15) is 19.3 Å². The maximum Gasteiger partial charge on any atom is 0.234 e. The highest BCUT2D eigenvalue weighted by atomic mass is 32.2. The molecule has 0 aliphatic carbocycles. The number of nitrogens with one attached hydrogen (secondary N) is 1. The molecular formula is C16H21N5OS. The van der Waals surface area contributed by atoms with Gasteiger partial charge in [0.25, 0.3) is 0 Å². The summed E-state index contributed by atoms with van der Waals surface area (Å²) in [4.78, 5) is 14.4. The van der Waals surface area contributed by atoms with Crippen LogP contribution in [-0.2, 0) is 11.8 Å². The van der Waals surface area contributed by atoms with E-state index < -0.39 is 0 Å². The van der Waals surface area contributed by atoms with Crippen LogP contribution < -0.4 is 10.2 Å². The van der Waals surface area contributed by atoms with Crippen LogP contribution in [0.3, 0.4) is 0 Å². The molecule has 1 aromatic heterocycles. The third-order valence-electron chi connectivity index (χ3n) is 3.87. The minimum atomic E-state index is -0.0382. The van der Waals surface area contributed by atoms with Gasteiger partial charge in [-0.1, -0.05) is 11.8 Å². The van der Waals surface area contributed by atoms with E-state index in [1.807, 2.05) is 19.2 Å². The molecule has 0 spiro atoms. The average molecular weight is 331 g/mol. The normalized spacial score (nSPS) is 14.7. The minimum absolute atomic E-state index is 0.0382. The van der Waals surface area contributed by atoms with E-state index in [9.17, 15) is 4.79 Å². The Balaban J connectivity index is 1.51. The standard InChI is InChI=1S/C16H21N5OS/c1-20-12-17-19-16(20)23-11-15(22)18-13-5-7-14(8-6-13)21-9-3-2-4-10-21/h5-8,12H,2-4,9-11H2,1H3,(H,18,22). The van der Waals surface area contributed by atoms with Gasteiger partial charge in [0.15, 0.2) is 5.16 Å². The number of hydrogen-bond donors (Lipinski definition) is 1. The van der Waals surface area contributed by atoms with Crippen LogP contribution in [0.15, 0.2) is 35.7 Å². The van der Waals surface area contributed by atoms with E-state index >= 15 is 0 Å². The third-order valence-corrected chi connectivity index (χ3v) is 4.91. The zero-order valence-corrected chi connectivity index (χ0v) is 14.1. The Bertz CT molecular complexity index is 649. The molecule has 23 heavy (non-hydrogen) atoms. The maximum absolute atomic E-state index is 12.0. The van der Waals surface area contributed by atoms with Crippen LogP contribution in [-0.4, -0.2) is 39.5 Å². The van der Waals surface area contributed by atoms with Crippen molar-refractivity contribution < 1.29 is 4.79 Å². The van der Waals surface area contributed by atoms with E-state index in [0.29, 0.717) is 5.75 Å². The second kappa shape index (κ2) is 7.50. The van der Waals surface area contributed by atoms with E-state index in [-0.39, 0.29) is 5.91 Å². The van der Waals surface area contributed by atoms with Crippen molar-refractivity contribution in [3.8, 4) is 0 Å². The van der Waals surface area contributed by atoms with Crippen molar-refractivity contribution in [3.05, 3.63) is 30.6 Å². The molecule has 122 valence electrons. The fourth-order valence-corrected chi connectivity index (χ4v) is 3.33. The molecular weight excluding hydrogens is 310 g/mol. The fraction of sp³-hybridized carbons (Fsp3) is 0.438. The van der Waals surface area contributed by atoms with E-state index in [4.69, 9.17) is 0 Å². The van der Waals surface area contributed by atoms with Gasteiger partial charge < -0.3 is 14.8 Å². The van der Waals surface area contributed by atoms with Crippen molar-refractivity contribution in [1.82, 2.24) is 14.8 Å². The Kier molecular flexibility index (Phi) is 5.17. The summed E-state index contributed by atoms with van der Waals surface area (Å²) in [5.41, 5.74) is 2.06. The molecule has 0 saturated carbocycles. The Morgan fingerprint density at radius 1 is 1.22 bits per heavy atom. The van der Waals surface area contributed by atoms with Crippen LogP contribution in [0.25, 0.3) is 0 Å². The van der Waals surface area contributed by atoms with Gasteiger partial charge in [0.05, 0.1) is 5.75 Å². The highest BCUT2D eigenvalue weighted by Crippen LogP contribution is 2.22. The van der Waals surface area contributed by atoms with Crippen molar-refractivity contribution >= 4 is 29.0 Å². The van der Waals surface area contributed by atoms with Crippen molar-refractivity contribution in [2.24, 2.45) is 7.05 Å². The number of piperidine rings is 1. The largest absolute Gasteiger partial charge is 0.372 e. The van der Waals surface area contributed by atoms with Crippen molar-refractivity contribution in [2.45, 2.75) is 24.4 Å². The number of aryl methyl sites for hydroxylation is 1. The van der Waals surface area contributed by atoms with Gasteiger partial charge >= 0.3 is 0 Å². The first-order valence-electron chi connectivity index (χ1n) is 7.84. The molecule has 2 heterocycles. The lowest BCUT2D eigenvalue weighted by Crippen LogP contribution is -2.29. The highest BCUT2D eigenvalue weighted by molar-refractivity contribution is 7.99. The van der Waals surface area contributed by atoms with Crippen LogP contribution >= 0.6 is 11.8 Å². The Hall–Kier alpha value is -2.02. The zero-order chi connectivity index (χ0) is 16.1. The van der Waals surface area contributed by atoms with Gasteiger partial charge in [-0.2, -0.15) is 0 Å². The summed E-state index contributed by atoms with van der Waals surface area (Å²) >= 11 is 1.38. The predicted octanol–water partition coefficient (Wildman–Crippen LogP) is 2.54. The number of benzene rings is 1. The molecule has 0 radical (unpaired) electrons. The van der Waals surface area contributed by atoms with Gasteiger partial charge in [0.1, 0.15) is 6.33 Å². The molecule has 0 unspecified atom stereocenters. The Morgan fingerprint density at radius 3 is 2.61 bits per heavy atom. The number of thioether (sulfide) groups is 1. The molecule has 1 aliphatic heterocycles.